The standard InChI is InChI=1S/C18H25N5O3S/c1-11(24)16-21-22-10-20-14-7-8-27-15(14)17(22)23(16)13-5-3-12(4-6-13)9-19-18(25)26-2/h7-8,10-13,17,24H,3-6,9H2,1-2H3,(H,19,25)/t11-,12?,13?,17?/m1/s1. The van der Waals surface area contributed by atoms with E-state index < -0.39 is 6.10 Å². The van der Waals surface area contributed by atoms with Crippen LogP contribution in [-0.4, -0.2) is 59.1 Å². The van der Waals surface area contributed by atoms with Crippen molar-refractivity contribution in [2.24, 2.45) is 16.0 Å². The molecule has 0 spiro atoms. The molecular formula is C18H25N5O3S. The van der Waals surface area contributed by atoms with Crippen molar-refractivity contribution in [1.82, 2.24) is 15.2 Å². The summed E-state index contributed by atoms with van der Waals surface area (Å²) in [5, 5.41) is 21.7. The molecule has 3 aliphatic rings. The normalized spacial score (nSPS) is 27.7. The molecule has 1 amide bonds. The number of aliphatic hydroxyl groups excluding tert-OH is 1. The van der Waals surface area contributed by atoms with Gasteiger partial charge in [-0.2, -0.15) is 5.10 Å². The lowest BCUT2D eigenvalue weighted by Gasteiger charge is -2.41. The molecule has 0 aromatic carbocycles. The molecule has 27 heavy (non-hydrogen) atoms. The van der Waals surface area contributed by atoms with Crippen LogP contribution < -0.4 is 5.32 Å². The molecule has 0 radical (unpaired) electrons. The van der Waals surface area contributed by atoms with Gasteiger partial charge in [-0.25, -0.2) is 14.8 Å². The number of rotatable bonds is 4. The number of alkyl carbamates (subject to hydrolysis) is 1. The highest BCUT2D eigenvalue weighted by molar-refractivity contribution is 7.10. The van der Waals surface area contributed by atoms with Crippen molar-refractivity contribution in [2.45, 2.75) is 50.9 Å². The van der Waals surface area contributed by atoms with Gasteiger partial charge in [-0.05, 0) is 50.0 Å². The molecule has 0 saturated heterocycles. The van der Waals surface area contributed by atoms with E-state index in [1.807, 2.05) is 11.1 Å². The number of hydrazone groups is 1. The van der Waals surface area contributed by atoms with Gasteiger partial charge in [0.05, 0.1) is 17.7 Å². The molecule has 2 atom stereocenters. The Bertz CT molecular complexity index is 754. The largest absolute Gasteiger partial charge is 0.453 e. The first kappa shape index (κ1) is 18.2. The maximum Gasteiger partial charge on any atom is 0.406 e. The average Bonchev–Trinajstić information content (AvgIpc) is 3.30. The summed E-state index contributed by atoms with van der Waals surface area (Å²) in [5.41, 5.74) is 0.990. The SMILES string of the molecule is COC(=O)NCC1CCC(N2C([C@@H](C)O)=NN3C=Nc4ccsc4C32)CC1. The van der Waals surface area contributed by atoms with Crippen LogP contribution in [0.2, 0.25) is 0 Å². The first-order valence-electron chi connectivity index (χ1n) is 9.35. The third-order valence-corrected chi connectivity index (χ3v) is 6.47. The fourth-order valence-electron chi connectivity index (χ4n) is 4.16. The molecule has 8 nitrogen and oxygen atoms in total. The number of ether oxygens (including phenoxy) is 1. The number of hydrogen-bond donors (Lipinski definition) is 2. The maximum absolute atomic E-state index is 11.3. The minimum Gasteiger partial charge on any atom is -0.453 e. The Hall–Kier alpha value is -2.13. The Kier molecular flexibility index (Phi) is 5.05. The van der Waals surface area contributed by atoms with Crippen molar-refractivity contribution >= 4 is 35.3 Å². The Labute approximate surface area is 162 Å². The summed E-state index contributed by atoms with van der Waals surface area (Å²) in [7, 11) is 1.38. The van der Waals surface area contributed by atoms with Gasteiger partial charge in [0.2, 0.25) is 0 Å². The zero-order chi connectivity index (χ0) is 19.0. The third-order valence-electron chi connectivity index (χ3n) is 5.52. The monoisotopic (exact) mass is 391 g/mol. The Morgan fingerprint density at radius 2 is 2.22 bits per heavy atom. The van der Waals surface area contributed by atoms with Crippen LogP contribution in [0.3, 0.4) is 0 Å². The van der Waals surface area contributed by atoms with E-state index in [2.05, 4.69) is 30.4 Å². The molecular weight excluding hydrogens is 366 g/mol. The summed E-state index contributed by atoms with van der Waals surface area (Å²) in [5.74, 6) is 1.17. The smallest absolute Gasteiger partial charge is 0.406 e. The number of nitrogens with one attached hydrogen (secondary N) is 1. The molecule has 146 valence electrons. The summed E-state index contributed by atoms with van der Waals surface area (Å²) < 4.78 is 4.65. The highest BCUT2D eigenvalue weighted by atomic mass is 32.1. The first-order valence-corrected chi connectivity index (χ1v) is 10.2. The predicted octanol–water partition coefficient (Wildman–Crippen LogP) is 2.65. The van der Waals surface area contributed by atoms with Gasteiger partial charge >= 0.3 is 6.09 Å². The number of methoxy groups -OCH3 is 1. The van der Waals surface area contributed by atoms with E-state index in [0.29, 0.717) is 24.3 Å². The van der Waals surface area contributed by atoms with Gasteiger partial charge in [0.25, 0.3) is 0 Å². The molecule has 1 aromatic rings. The van der Waals surface area contributed by atoms with E-state index >= 15 is 0 Å². The summed E-state index contributed by atoms with van der Waals surface area (Å²) in [6.45, 7) is 2.41. The summed E-state index contributed by atoms with van der Waals surface area (Å²) in [4.78, 5) is 19.2. The predicted molar refractivity (Wildman–Crippen MR) is 104 cm³/mol. The van der Waals surface area contributed by atoms with Gasteiger partial charge in [0.15, 0.2) is 12.0 Å². The van der Waals surface area contributed by atoms with Crippen molar-refractivity contribution in [3.8, 4) is 0 Å². The van der Waals surface area contributed by atoms with Gasteiger partial charge in [-0.1, -0.05) is 0 Å². The number of carbonyl (C=O) groups is 1. The Morgan fingerprint density at radius 1 is 1.44 bits per heavy atom. The molecule has 1 fully saturated rings. The molecule has 1 aliphatic carbocycles. The van der Waals surface area contributed by atoms with Crippen molar-refractivity contribution in [3.05, 3.63) is 16.3 Å². The van der Waals surface area contributed by atoms with Crippen LogP contribution in [0.1, 0.15) is 43.6 Å². The molecule has 9 heteroatoms. The van der Waals surface area contributed by atoms with Gasteiger partial charge in [-0.15, -0.1) is 11.3 Å². The first-order chi connectivity index (χ1) is 13.1. The van der Waals surface area contributed by atoms with Crippen molar-refractivity contribution in [1.29, 1.82) is 0 Å². The minimum atomic E-state index is -0.633. The number of carbonyl (C=O) groups excluding carboxylic acids is 1. The molecule has 2 aliphatic heterocycles. The lowest BCUT2D eigenvalue weighted by atomic mass is 9.84. The highest BCUT2D eigenvalue weighted by Crippen LogP contribution is 2.45. The van der Waals surface area contributed by atoms with Gasteiger partial charge in [0.1, 0.15) is 12.4 Å². The van der Waals surface area contributed by atoms with E-state index in [1.165, 1.54) is 12.0 Å². The third kappa shape index (κ3) is 3.41. The van der Waals surface area contributed by atoms with Crippen molar-refractivity contribution in [3.63, 3.8) is 0 Å². The molecule has 1 unspecified atom stereocenters. The number of fused-ring (bicyclic) bond motifs is 3. The van der Waals surface area contributed by atoms with Crippen LogP contribution in [0.25, 0.3) is 0 Å². The zero-order valence-electron chi connectivity index (χ0n) is 15.5. The van der Waals surface area contributed by atoms with Crippen molar-refractivity contribution < 1.29 is 14.6 Å². The zero-order valence-corrected chi connectivity index (χ0v) is 16.4. The fraction of sp³-hybridized carbons (Fsp3) is 0.611. The van der Waals surface area contributed by atoms with E-state index in [-0.39, 0.29) is 12.3 Å². The number of amidine groups is 1. The lowest BCUT2D eigenvalue weighted by molar-refractivity contribution is 0.112. The van der Waals surface area contributed by atoms with Crippen LogP contribution in [0, 0.1) is 5.92 Å². The molecule has 2 N–H and O–H groups in total. The van der Waals surface area contributed by atoms with Crippen LogP contribution in [0.4, 0.5) is 10.5 Å². The van der Waals surface area contributed by atoms with Gasteiger partial charge in [-0.3, -0.25) is 0 Å². The number of nitrogens with zero attached hydrogens (tertiary/aromatic N) is 4. The number of amides is 1. The van der Waals surface area contributed by atoms with E-state index in [4.69, 9.17) is 0 Å². The van der Waals surface area contributed by atoms with E-state index in [9.17, 15) is 9.90 Å². The summed E-state index contributed by atoms with van der Waals surface area (Å²) in [6, 6.07) is 2.34. The lowest BCUT2D eigenvalue weighted by Crippen LogP contribution is -2.47. The Balaban J connectivity index is 1.48. The number of thiophene rings is 1. The molecule has 3 heterocycles. The molecule has 1 aromatic heterocycles. The summed E-state index contributed by atoms with van der Waals surface area (Å²) >= 11 is 1.68. The Morgan fingerprint density at radius 3 is 2.93 bits per heavy atom. The van der Waals surface area contributed by atoms with Crippen LogP contribution in [0.15, 0.2) is 21.5 Å². The fourth-order valence-corrected chi connectivity index (χ4v) is 5.09. The molecule has 1 saturated carbocycles. The van der Waals surface area contributed by atoms with Crippen LogP contribution in [-0.2, 0) is 4.74 Å². The second-order valence-corrected chi connectivity index (χ2v) is 8.20. The number of aliphatic imine (C=N–C) groups is 1. The molecule has 0 bridgehead atoms. The maximum atomic E-state index is 11.3. The summed E-state index contributed by atoms with van der Waals surface area (Å²) in [6.07, 6.45) is 4.79. The van der Waals surface area contributed by atoms with Crippen LogP contribution >= 0.6 is 11.3 Å². The average molecular weight is 391 g/mol. The molecule has 4 rings (SSSR count). The highest BCUT2D eigenvalue weighted by Gasteiger charge is 2.44. The minimum absolute atomic E-state index is 0.0168. The van der Waals surface area contributed by atoms with Crippen LogP contribution in [0.5, 0.6) is 0 Å². The topological polar surface area (TPSA) is 89.8 Å². The number of aliphatic hydroxyl groups is 1. The number of hydrogen-bond acceptors (Lipinski definition) is 8. The van der Waals surface area contributed by atoms with E-state index in [1.54, 1.807) is 24.6 Å². The van der Waals surface area contributed by atoms with Gasteiger partial charge < -0.3 is 20.1 Å². The van der Waals surface area contributed by atoms with Gasteiger partial charge in [0, 0.05) is 12.6 Å². The van der Waals surface area contributed by atoms with E-state index in [0.717, 1.165) is 31.4 Å². The van der Waals surface area contributed by atoms with Crippen molar-refractivity contribution in [2.75, 3.05) is 13.7 Å². The quantitative estimate of drug-likeness (QED) is 0.824. The second kappa shape index (κ2) is 7.47. The second-order valence-electron chi connectivity index (χ2n) is 7.26.